The van der Waals surface area contributed by atoms with Crippen molar-refractivity contribution in [3.8, 4) is 0 Å². The molecular formula is C48H55N7O7. The first-order valence-electron chi connectivity index (χ1n) is 21.7. The summed E-state index contributed by atoms with van der Waals surface area (Å²) >= 11 is 0. The first kappa shape index (κ1) is 43.4. The number of rotatable bonds is 19. The van der Waals surface area contributed by atoms with Crippen LogP contribution in [0, 0.1) is 5.92 Å². The van der Waals surface area contributed by atoms with E-state index in [0.717, 1.165) is 5.56 Å². The predicted octanol–water partition coefficient (Wildman–Crippen LogP) is 3.32. The van der Waals surface area contributed by atoms with Gasteiger partial charge in [-0.1, -0.05) is 117 Å². The molecule has 1 heterocycles. The normalized spacial score (nSPS) is 16.4. The second-order valence-corrected chi connectivity index (χ2v) is 15.8. The number of nitrogens with two attached hydrogens (primary N) is 1. The summed E-state index contributed by atoms with van der Waals surface area (Å²) < 4.78 is 8.90. The molecule has 5 amide bonds. The topological polar surface area (TPSA) is 209 Å². The number of hydrogen-bond acceptors (Lipinski definition) is 9. The Kier molecular flexibility index (Phi) is 14.9. The van der Waals surface area contributed by atoms with Crippen LogP contribution < -0.4 is 32.3 Å². The maximum atomic E-state index is 14.3. The number of nitrogens with one attached hydrogen (secondary N) is 5. The highest BCUT2D eigenvalue weighted by Gasteiger charge is 2.38. The summed E-state index contributed by atoms with van der Waals surface area (Å²) in [6.07, 6.45) is 2.19. The van der Waals surface area contributed by atoms with Crippen molar-refractivity contribution in [3.63, 3.8) is 0 Å². The van der Waals surface area contributed by atoms with Gasteiger partial charge in [0.15, 0.2) is 13.0 Å². The molecule has 1 aliphatic heterocycles. The molecule has 0 aromatic heterocycles. The van der Waals surface area contributed by atoms with Crippen molar-refractivity contribution in [1.29, 1.82) is 0 Å². The van der Waals surface area contributed by atoms with E-state index < -0.39 is 54.3 Å². The lowest BCUT2D eigenvalue weighted by atomic mass is 9.83. The van der Waals surface area contributed by atoms with Crippen LogP contribution in [0.15, 0.2) is 103 Å². The first-order valence-corrected chi connectivity index (χ1v) is 21.3. The molecule has 1 aliphatic carbocycles. The van der Waals surface area contributed by atoms with E-state index in [0.29, 0.717) is 71.0 Å². The fraction of sp³-hybridized carbons (Fsp3) is 0.354. The first-order chi connectivity index (χ1) is 30.4. The molecule has 7 N–H and O–H groups in total. The molecule has 4 aromatic carbocycles. The summed E-state index contributed by atoms with van der Waals surface area (Å²) in [5, 5.41) is 12.0. The van der Waals surface area contributed by atoms with E-state index in [2.05, 4.69) is 21.3 Å². The fourth-order valence-corrected chi connectivity index (χ4v) is 7.87. The number of ketones is 2. The number of likely N-dealkylation sites (tertiary alicyclic amines) is 1. The molecule has 1 saturated heterocycles. The van der Waals surface area contributed by atoms with E-state index in [1.165, 1.54) is 4.90 Å². The third-order valence-corrected chi connectivity index (χ3v) is 11.5. The summed E-state index contributed by atoms with van der Waals surface area (Å²) in [7, 11) is 0. The van der Waals surface area contributed by atoms with Gasteiger partial charge in [0.25, 0.3) is 0 Å². The number of anilines is 1. The van der Waals surface area contributed by atoms with Gasteiger partial charge >= 0.3 is 0 Å². The molecule has 0 saturated carbocycles. The molecule has 6 rings (SSSR count). The molecule has 62 heavy (non-hydrogen) atoms. The Balaban J connectivity index is 1.05. The fourth-order valence-electron chi connectivity index (χ4n) is 7.87. The average Bonchev–Trinajstić information content (AvgIpc) is 3.81. The summed E-state index contributed by atoms with van der Waals surface area (Å²) in [6, 6.07) is 26.0. The molecule has 14 heteroatoms. The van der Waals surface area contributed by atoms with Gasteiger partial charge < -0.3 is 37.2 Å². The minimum absolute atomic E-state index is 0.00685. The Bertz CT molecular complexity index is 2310. The predicted molar refractivity (Wildman–Crippen MR) is 235 cm³/mol. The maximum absolute atomic E-state index is 14.3. The van der Waals surface area contributed by atoms with E-state index in [4.69, 9.17) is 7.15 Å². The number of carbonyl (C=O) groups is 7. The van der Waals surface area contributed by atoms with Gasteiger partial charge in [-0.15, -0.1) is 0 Å². The Morgan fingerprint density at radius 3 is 2.08 bits per heavy atom. The second-order valence-electron chi connectivity index (χ2n) is 15.8. The number of benzene rings is 4. The van der Waals surface area contributed by atoms with E-state index in [1.54, 1.807) is 73.7 Å². The van der Waals surface area contributed by atoms with Gasteiger partial charge in [0.05, 0.1) is 18.2 Å². The molecule has 2 aliphatic rings. The number of hydrogen-bond donors (Lipinski definition) is 6. The van der Waals surface area contributed by atoms with Crippen LogP contribution in [0.4, 0.5) is 5.69 Å². The molecule has 0 radical (unpaired) electrons. The second kappa shape index (κ2) is 21.2. The summed E-state index contributed by atoms with van der Waals surface area (Å²) in [5.41, 5.74) is 9.66. The Hall–Kier alpha value is -6.67. The third-order valence-electron chi connectivity index (χ3n) is 11.5. The molecule has 0 spiro atoms. The molecule has 0 unspecified atom stereocenters. The monoisotopic (exact) mass is 842 g/mol. The minimum atomic E-state index is -1.31. The number of carbonyl (C=O) groups excluding carboxylic acids is 7. The summed E-state index contributed by atoms with van der Waals surface area (Å²) in [6.45, 7) is 3.93. The highest BCUT2D eigenvalue weighted by Crippen LogP contribution is 2.32. The van der Waals surface area contributed by atoms with Gasteiger partial charge in [-0.3, -0.25) is 33.6 Å². The van der Waals surface area contributed by atoms with E-state index in [1.807, 2.05) is 43.3 Å². The van der Waals surface area contributed by atoms with Crippen LogP contribution in [0.2, 0.25) is 1.41 Å². The molecule has 0 bridgehead atoms. The van der Waals surface area contributed by atoms with Crippen molar-refractivity contribution < 1.29 is 35.0 Å². The van der Waals surface area contributed by atoms with Crippen LogP contribution in [0.1, 0.15) is 82.5 Å². The van der Waals surface area contributed by atoms with Crippen molar-refractivity contribution >= 4 is 46.8 Å². The zero-order chi connectivity index (χ0) is 45.0. The Morgan fingerprint density at radius 1 is 0.774 bits per heavy atom. The minimum Gasteiger partial charge on any atom is -0.384 e. The van der Waals surface area contributed by atoms with Gasteiger partial charge in [0.1, 0.15) is 18.1 Å². The van der Waals surface area contributed by atoms with E-state index in [9.17, 15) is 33.6 Å². The molecule has 324 valence electrons. The molecule has 5 atom stereocenters. The highest BCUT2D eigenvalue weighted by atomic mass is 16.2. The maximum Gasteiger partial charge on any atom is 0.246 e. The molecular weight excluding hydrogens is 787 g/mol. The lowest BCUT2D eigenvalue weighted by Gasteiger charge is -2.29. The van der Waals surface area contributed by atoms with Gasteiger partial charge in [-0.2, -0.15) is 0 Å². The van der Waals surface area contributed by atoms with Crippen LogP contribution in [0.3, 0.4) is 0 Å². The quantitative estimate of drug-likeness (QED) is 0.0674. The van der Waals surface area contributed by atoms with Crippen molar-refractivity contribution in [1.82, 2.24) is 26.2 Å². The number of amides is 5. The van der Waals surface area contributed by atoms with Gasteiger partial charge in [-0.05, 0) is 48.8 Å². The van der Waals surface area contributed by atoms with Crippen LogP contribution in [0.25, 0.3) is 0 Å². The van der Waals surface area contributed by atoms with E-state index >= 15 is 0 Å². The highest BCUT2D eigenvalue weighted by molar-refractivity contribution is 6.30. The van der Waals surface area contributed by atoms with Crippen molar-refractivity contribution in [2.24, 2.45) is 11.7 Å². The van der Waals surface area contributed by atoms with Gasteiger partial charge in [0, 0.05) is 48.4 Å². The lowest BCUT2D eigenvalue weighted by molar-refractivity contribution is -0.141. The number of fused-ring (bicyclic) bond motifs is 2. The Labute approximate surface area is 363 Å². The van der Waals surface area contributed by atoms with Gasteiger partial charge in [0.2, 0.25) is 29.5 Å². The smallest absolute Gasteiger partial charge is 0.246 e. The molecule has 1 fully saturated rings. The standard InChI is InChI=1S/C48H55N7O7/c1-3-30(2)42(54-45(59)36(49)27-31-15-6-4-7-16-31)47(61)52-29-40(56)53-38(28-32-17-8-5-9-18-32)48(62)55-26-13-23-39(55)46(60)51-25-14-24-50-37-22-12-21-35-41(37)44(58)34-20-11-10-19-33(34)43(35)57/h4-12,15-22,30,36,38-39,42,50H,3,13-14,23-29,49H2,1-2H3,(H,51,60)(H,52,61)(H,53,56)(H,54,59)/t30-,36-,38-,39-,42-/m0/s1/i/hD. The van der Waals surface area contributed by atoms with Crippen molar-refractivity contribution in [2.75, 3.05) is 31.5 Å². The van der Waals surface area contributed by atoms with Crippen molar-refractivity contribution in [2.45, 2.75) is 76.5 Å². The van der Waals surface area contributed by atoms with Crippen LogP contribution in [-0.4, -0.2) is 96.3 Å². The zero-order valence-corrected chi connectivity index (χ0v) is 35.1. The lowest BCUT2D eigenvalue weighted by Crippen LogP contribution is -2.57. The Morgan fingerprint density at radius 2 is 1.40 bits per heavy atom. The van der Waals surface area contributed by atoms with Crippen LogP contribution in [0.5, 0.6) is 0 Å². The number of nitrogens with zero attached hydrogens (tertiary/aromatic N) is 1. The largest absolute Gasteiger partial charge is 0.384 e. The third kappa shape index (κ3) is 11.0. The SMILES string of the molecule is [2H]N(C(=O)CNC(=O)[C@@H](NC(=O)[C@@H](N)Cc1ccccc1)[C@@H](C)CC)[C@@H](Cc1ccccc1)C(=O)N1CCC[C@H]1C(=O)NCCCNc1cccc2c1C(=O)c1ccccc1C2=O. The van der Waals surface area contributed by atoms with Gasteiger partial charge in [-0.25, -0.2) is 0 Å². The summed E-state index contributed by atoms with van der Waals surface area (Å²) in [5.74, 6) is -3.69. The average molecular weight is 843 g/mol. The van der Waals surface area contributed by atoms with Crippen LogP contribution in [-0.2, 0) is 36.8 Å². The zero-order valence-electron chi connectivity index (χ0n) is 36.1. The molecule has 4 aromatic rings. The molecule has 14 nitrogen and oxygen atoms in total. The van der Waals surface area contributed by atoms with E-state index in [-0.39, 0.29) is 49.3 Å². The van der Waals surface area contributed by atoms with Crippen LogP contribution >= 0.6 is 0 Å². The van der Waals surface area contributed by atoms with Crippen molar-refractivity contribution in [3.05, 3.63) is 137 Å². The summed E-state index contributed by atoms with van der Waals surface area (Å²) in [4.78, 5) is 96.0.